The first-order chi connectivity index (χ1) is 11.6. The quantitative estimate of drug-likeness (QED) is 0.795. The molecule has 0 aliphatic carbocycles. The molecule has 0 bridgehead atoms. The summed E-state index contributed by atoms with van der Waals surface area (Å²) in [5.41, 5.74) is 1.44. The van der Waals surface area contributed by atoms with E-state index in [4.69, 9.17) is 0 Å². The van der Waals surface area contributed by atoms with Crippen LogP contribution >= 0.6 is 0 Å². The van der Waals surface area contributed by atoms with Gasteiger partial charge in [-0.2, -0.15) is 0 Å². The molecular formula is C20H28N2O2. The number of amides is 1. The van der Waals surface area contributed by atoms with E-state index in [1.54, 1.807) is 0 Å². The lowest BCUT2D eigenvalue weighted by Crippen LogP contribution is -2.37. The second-order valence-corrected chi connectivity index (χ2v) is 7.32. The molecule has 130 valence electrons. The van der Waals surface area contributed by atoms with Crippen LogP contribution in [0.25, 0.3) is 10.8 Å². The van der Waals surface area contributed by atoms with Gasteiger partial charge in [-0.25, -0.2) is 0 Å². The number of unbranched alkanes of at least 4 members (excludes halogenated alkanes) is 1. The largest absolute Gasteiger partial charge is 0.343 e. The van der Waals surface area contributed by atoms with E-state index in [2.05, 4.69) is 25.2 Å². The summed E-state index contributed by atoms with van der Waals surface area (Å²) in [7, 11) is 0. The molecule has 2 aromatic rings. The fourth-order valence-corrected chi connectivity index (χ4v) is 3.69. The van der Waals surface area contributed by atoms with Crippen molar-refractivity contribution < 1.29 is 4.79 Å². The van der Waals surface area contributed by atoms with Gasteiger partial charge in [0.2, 0.25) is 5.91 Å². The molecule has 2 aromatic carbocycles. The van der Waals surface area contributed by atoms with Gasteiger partial charge in [0.25, 0.3) is 0 Å². The topological polar surface area (TPSA) is 49.4 Å². The highest BCUT2D eigenvalue weighted by molar-refractivity contribution is 6.00. The Labute approximate surface area is 143 Å². The third kappa shape index (κ3) is 3.86. The van der Waals surface area contributed by atoms with E-state index >= 15 is 0 Å². The van der Waals surface area contributed by atoms with E-state index in [0.717, 1.165) is 56.1 Å². The Bertz CT molecular complexity index is 704. The van der Waals surface area contributed by atoms with Crippen LogP contribution in [0.2, 0.25) is 0 Å². The number of fused-ring (bicyclic) bond motifs is 1. The van der Waals surface area contributed by atoms with Gasteiger partial charge in [0.15, 0.2) is 5.43 Å². The van der Waals surface area contributed by atoms with Crippen molar-refractivity contribution in [1.82, 2.24) is 10.2 Å². The van der Waals surface area contributed by atoms with Crippen LogP contribution in [0.5, 0.6) is 0 Å². The lowest BCUT2D eigenvalue weighted by Gasteiger charge is -2.32. The minimum absolute atomic E-state index is 0.225. The molecule has 1 N–H and O–H groups in total. The third-order valence-electron chi connectivity index (χ3n) is 5.16. The minimum Gasteiger partial charge on any atom is -0.343 e. The number of carbonyl (C=O) groups is 1. The average Bonchev–Trinajstić information content (AvgIpc) is 3.25. The monoisotopic (exact) mass is 328 g/mol. The van der Waals surface area contributed by atoms with Crippen molar-refractivity contribution >= 4 is 16.7 Å². The molecule has 1 heterocycles. The summed E-state index contributed by atoms with van der Waals surface area (Å²) in [6.07, 6.45) is 4.62. The van der Waals surface area contributed by atoms with E-state index in [1.807, 2.05) is 17.0 Å². The van der Waals surface area contributed by atoms with Crippen LogP contribution in [-0.4, -0.2) is 36.5 Å². The van der Waals surface area contributed by atoms with Crippen LogP contribution < -0.4 is 10.7 Å². The number of hydrogen-bond donors (Lipinski definition) is 1. The molecule has 0 unspecified atom stereocenters. The summed E-state index contributed by atoms with van der Waals surface area (Å²) in [5.74, 6) is 0.726. The molecular weight excluding hydrogens is 300 g/mol. The highest BCUT2D eigenvalue weighted by atomic mass is 16.2. The molecule has 0 aromatic heterocycles. The fourth-order valence-electron chi connectivity index (χ4n) is 3.69. The predicted molar refractivity (Wildman–Crippen MR) is 98.1 cm³/mol. The van der Waals surface area contributed by atoms with Crippen molar-refractivity contribution in [1.29, 1.82) is 0 Å². The zero-order valence-corrected chi connectivity index (χ0v) is 14.8. The number of rotatable bonds is 7. The number of carbonyl (C=O) groups excluding carboxylic acids is 1. The smallest absolute Gasteiger partial charge is 0.222 e. The average molecular weight is 328 g/mol. The molecule has 1 fully saturated rings. The molecule has 0 saturated carbocycles. The van der Waals surface area contributed by atoms with E-state index in [9.17, 15) is 9.59 Å². The molecule has 4 nitrogen and oxygen atoms in total. The second-order valence-electron chi connectivity index (χ2n) is 7.32. The molecule has 4 heteroatoms. The fraction of sp³-hybridized carbons (Fsp3) is 0.600. The van der Waals surface area contributed by atoms with Gasteiger partial charge in [-0.15, -0.1) is 0 Å². The lowest BCUT2D eigenvalue weighted by atomic mass is 9.89. The Morgan fingerprint density at radius 2 is 2.00 bits per heavy atom. The van der Waals surface area contributed by atoms with Crippen LogP contribution in [0, 0.1) is 0 Å². The van der Waals surface area contributed by atoms with E-state index in [1.165, 1.54) is 5.56 Å². The van der Waals surface area contributed by atoms with Crippen molar-refractivity contribution in [3.63, 3.8) is 0 Å². The Morgan fingerprint density at radius 3 is 2.71 bits per heavy atom. The summed E-state index contributed by atoms with van der Waals surface area (Å²) in [4.78, 5) is 26.1. The van der Waals surface area contributed by atoms with Crippen molar-refractivity contribution in [2.24, 2.45) is 0 Å². The maximum absolute atomic E-state index is 12.3. The Kier molecular flexibility index (Phi) is 5.34. The first-order valence-electron chi connectivity index (χ1n) is 9.26. The predicted octanol–water partition coefficient (Wildman–Crippen LogP) is 2.95. The SMILES string of the molecule is CC(C)NCCCCC(=O)N1CCC(c2cccc3c(=O)c23)CC1. The summed E-state index contributed by atoms with van der Waals surface area (Å²) < 4.78 is 0. The van der Waals surface area contributed by atoms with Gasteiger partial charge in [0.1, 0.15) is 0 Å². The zero-order chi connectivity index (χ0) is 17.1. The summed E-state index contributed by atoms with van der Waals surface area (Å²) in [5, 5.41) is 5.25. The van der Waals surface area contributed by atoms with Gasteiger partial charge in [-0.3, -0.25) is 9.59 Å². The van der Waals surface area contributed by atoms with E-state index in [-0.39, 0.29) is 11.3 Å². The van der Waals surface area contributed by atoms with Crippen molar-refractivity contribution in [2.45, 2.75) is 57.9 Å². The van der Waals surface area contributed by atoms with Crippen LogP contribution in [-0.2, 0) is 4.79 Å². The summed E-state index contributed by atoms with van der Waals surface area (Å²) in [6.45, 7) is 6.92. The number of likely N-dealkylation sites (tertiary alicyclic amines) is 1. The molecule has 3 rings (SSSR count). The summed E-state index contributed by atoms with van der Waals surface area (Å²) in [6, 6.07) is 6.50. The number of piperidine rings is 1. The van der Waals surface area contributed by atoms with Gasteiger partial charge < -0.3 is 10.2 Å². The van der Waals surface area contributed by atoms with Gasteiger partial charge in [-0.1, -0.05) is 32.0 Å². The standard InChI is InChI=1S/C20H28N2O2/c1-14(2)21-11-4-3-8-18(23)22-12-9-15(10-13-22)16-6-5-7-17-19(16)20(17)24/h5-7,14-15,21H,3-4,8-13H2,1-2H3. The first kappa shape index (κ1) is 17.2. The van der Waals surface area contributed by atoms with Crippen LogP contribution in [0.15, 0.2) is 23.0 Å². The normalized spacial score (nSPS) is 16.5. The van der Waals surface area contributed by atoms with Gasteiger partial charge >= 0.3 is 0 Å². The molecule has 0 radical (unpaired) electrons. The number of hydrogen-bond acceptors (Lipinski definition) is 3. The number of benzene rings is 1. The van der Waals surface area contributed by atoms with Crippen molar-refractivity contribution in [3.05, 3.63) is 34.0 Å². The molecule has 1 amide bonds. The first-order valence-corrected chi connectivity index (χ1v) is 9.26. The molecule has 1 aliphatic rings. The minimum atomic E-state index is 0.225. The Hall–Kier alpha value is -1.68. The van der Waals surface area contributed by atoms with E-state index in [0.29, 0.717) is 18.4 Å². The number of nitrogens with zero attached hydrogens (tertiary/aromatic N) is 1. The lowest BCUT2D eigenvalue weighted by molar-refractivity contribution is -0.132. The Balaban J connectivity index is 1.42. The highest BCUT2D eigenvalue weighted by Crippen LogP contribution is 2.33. The maximum atomic E-state index is 12.3. The molecule has 1 saturated heterocycles. The van der Waals surface area contributed by atoms with Crippen LogP contribution in [0.3, 0.4) is 0 Å². The van der Waals surface area contributed by atoms with Gasteiger partial charge in [0, 0.05) is 36.3 Å². The molecule has 0 atom stereocenters. The molecule has 0 spiro atoms. The molecule has 1 aliphatic heterocycles. The van der Waals surface area contributed by atoms with Gasteiger partial charge in [-0.05, 0) is 43.7 Å². The molecule has 24 heavy (non-hydrogen) atoms. The number of nitrogens with one attached hydrogen (secondary N) is 1. The van der Waals surface area contributed by atoms with Crippen LogP contribution in [0.4, 0.5) is 0 Å². The van der Waals surface area contributed by atoms with Crippen molar-refractivity contribution in [3.8, 4) is 0 Å². The maximum Gasteiger partial charge on any atom is 0.222 e. The zero-order valence-electron chi connectivity index (χ0n) is 14.8. The van der Waals surface area contributed by atoms with E-state index < -0.39 is 0 Å². The summed E-state index contributed by atoms with van der Waals surface area (Å²) >= 11 is 0. The highest BCUT2D eigenvalue weighted by Gasteiger charge is 2.27. The second kappa shape index (κ2) is 7.47. The van der Waals surface area contributed by atoms with Gasteiger partial charge in [0.05, 0.1) is 0 Å². The third-order valence-corrected chi connectivity index (χ3v) is 5.16. The van der Waals surface area contributed by atoms with Crippen LogP contribution in [0.1, 0.15) is 57.4 Å². The van der Waals surface area contributed by atoms with Crippen molar-refractivity contribution in [2.75, 3.05) is 19.6 Å². The Morgan fingerprint density at radius 1 is 1.25 bits per heavy atom.